The van der Waals surface area contributed by atoms with Gasteiger partial charge >= 0.3 is 0 Å². The first-order valence-corrected chi connectivity index (χ1v) is 8.21. The number of carbonyl (C=O) groups excluding carboxylic acids is 1. The van der Waals surface area contributed by atoms with Crippen LogP contribution in [-0.2, 0) is 16.0 Å². The van der Waals surface area contributed by atoms with Crippen molar-refractivity contribution in [2.75, 3.05) is 39.4 Å². The van der Waals surface area contributed by atoms with E-state index in [2.05, 4.69) is 20.4 Å². The van der Waals surface area contributed by atoms with Gasteiger partial charge in [-0.25, -0.2) is 4.68 Å². The van der Waals surface area contributed by atoms with Crippen LogP contribution in [-0.4, -0.2) is 81.3 Å². The van der Waals surface area contributed by atoms with E-state index in [-0.39, 0.29) is 5.91 Å². The van der Waals surface area contributed by atoms with Crippen molar-refractivity contribution < 1.29 is 9.53 Å². The number of fused-ring (bicyclic) bond motifs is 1. The summed E-state index contributed by atoms with van der Waals surface area (Å²) >= 11 is 0. The monoisotopic (exact) mass is 328 g/mol. The number of amides is 1. The number of hydrogen-bond acceptors (Lipinski definition) is 6. The second-order valence-electron chi connectivity index (χ2n) is 6.20. The molecule has 1 unspecified atom stereocenters. The van der Waals surface area contributed by atoms with Crippen LogP contribution in [0.1, 0.15) is 5.56 Å². The van der Waals surface area contributed by atoms with Gasteiger partial charge in [0.2, 0.25) is 5.91 Å². The van der Waals surface area contributed by atoms with Crippen LogP contribution in [0.5, 0.6) is 0 Å². The summed E-state index contributed by atoms with van der Waals surface area (Å²) in [6, 6.07) is 8.10. The number of ether oxygens (including phenoxy) is 1. The van der Waals surface area contributed by atoms with Crippen LogP contribution in [0.3, 0.4) is 0 Å². The van der Waals surface area contributed by atoms with E-state index < -0.39 is 0 Å². The molecule has 2 saturated heterocycles. The van der Waals surface area contributed by atoms with E-state index in [1.165, 1.54) is 0 Å². The predicted octanol–water partition coefficient (Wildman–Crippen LogP) is -0.252. The normalized spacial score (nSPS) is 21.5. The molecule has 0 bridgehead atoms. The lowest BCUT2D eigenvalue weighted by Crippen LogP contribution is -2.59. The quantitative estimate of drug-likeness (QED) is 0.773. The molecule has 1 aromatic heterocycles. The Hall–Kier alpha value is -2.32. The third-order valence-electron chi connectivity index (χ3n) is 4.70. The van der Waals surface area contributed by atoms with Crippen molar-refractivity contribution >= 4 is 5.91 Å². The molecule has 2 aliphatic rings. The predicted molar refractivity (Wildman–Crippen MR) is 85.6 cm³/mol. The molecule has 8 heteroatoms. The van der Waals surface area contributed by atoms with Gasteiger partial charge in [-0.15, -0.1) is 5.10 Å². The highest BCUT2D eigenvalue weighted by atomic mass is 16.5. The Morgan fingerprint density at radius 2 is 2.08 bits per heavy atom. The highest BCUT2D eigenvalue weighted by Gasteiger charge is 2.31. The molecule has 0 aliphatic carbocycles. The molecule has 4 rings (SSSR count). The average molecular weight is 328 g/mol. The van der Waals surface area contributed by atoms with Crippen LogP contribution < -0.4 is 0 Å². The number of piperazine rings is 1. The number of nitrogens with zero attached hydrogens (tertiary/aromatic N) is 6. The zero-order valence-electron chi connectivity index (χ0n) is 13.4. The fraction of sp³-hybridized carbons (Fsp3) is 0.500. The molecule has 2 aliphatic heterocycles. The molecule has 2 fully saturated rings. The molecule has 2 aromatic rings. The molecule has 0 saturated carbocycles. The van der Waals surface area contributed by atoms with Crippen molar-refractivity contribution in [1.29, 1.82) is 0 Å². The van der Waals surface area contributed by atoms with Gasteiger partial charge in [0, 0.05) is 26.2 Å². The van der Waals surface area contributed by atoms with Crippen LogP contribution in [0.4, 0.5) is 0 Å². The number of hydrogen-bond donors (Lipinski definition) is 0. The van der Waals surface area contributed by atoms with Crippen molar-refractivity contribution in [1.82, 2.24) is 30.0 Å². The third kappa shape index (κ3) is 3.15. The molecule has 0 N–H and O–H groups in total. The number of benzene rings is 1. The van der Waals surface area contributed by atoms with E-state index >= 15 is 0 Å². The summed E-state index contributed by atoms with van der Waals surface area (Å²) in [4.78, 5) is 17.0. The fourth-order valence-electron chi connectivity index (χ4n) is 3.31. The smallest absolute Gasteiger partial charge is 0.227 e. The van der Waals surface area contributed by atoms with Gasteiger partial charge < -0.3 is 9.64 Å². The van der Waals surface area contributed by atoms with Gasteiger partial charge in [0.25, 0.3) is 0 Å². The van der Waals surface area contributed by atoms with Crippen molar-refractivity contribution in [2.45, 2.75) is 12.5 Å². The summed E-state index contributed by atoms with van der Waals surface area (Å²) in [6.07, 6.45) is 1.97. The molecule has 24 heavy (non-hydrogen) atoms. The zero-order chi connectivity index (χ0) is 16.4. The molecular formula is C16H20N6O2. The molecule has 3 heterocycles. The van der Waals surface area contributed by atoms with Gasteiger partial charge in [-0.05, 0) is 28.1 Å². The minimum atomic E-state index is 0.176. The van der Waals surface area contributed by atoms with E-state index in [4.69, 9.17) is 4.74 Å². The Bertz CT molecular complexity index is 687. The minimum absolute atomic E-state index is 0.176. The van der Waals surface area contributed by atoms with E-state index in [9.17, 15) is 4.79 Å². The molecule has 0 spiro atoms. The largest absolute Gasteiger partial charge is 0.378 e. The van der Waals surface area contributed by atoms with Crippen molar-refractivity contribution in [3.8, 4) is 5.69 Å². The second-order valence-corrected chi connectivity index (χ2v) is 6.20. The SMILES string of the molecule is O=C(Cc1ccc(-n2cnnn2)cc1)N1CCN2CCOCC2C1. The first kappa shape index (κ1) is 15.2. The molecule has 1 amide bonds. The number of aromatic nitrogens is 4. The van der Waals surface area contributed by atoms with Crippen LogP contribution >= 0.6 is 0 Å². The summed E-state index contributed by atoms with van der Waals surface area (Å²) in [5.41, 5.74) is 1.88. The van der Waals surface area contributed by atoms with E-state index in [0.29, 0.717) is 12.5 Å². The molecule has 1 atom stereocenters. The van der Waals surface area contributed by atoms with E-state index in [1.54, 1.807) is 11.0 Å². The molecule has 8 nitrogen and oxygen atoms in total. The van der Waals surface area contributed by atoms with Crippen LogP contribution in [0.25, 0.3) is 5.69 Å². The summed E-state index contributed by atoms with van der Waals surface area (Å²) in [5.74, 6) is 0.176. The highest BCUT2D eigenvalue weighted by molar-refractivity contribution is 5.79. The average Bonchev–Trinajstić information content (AvgIpc) is 3.16. The Labute approximate surface area is 140 Å². The van der Waals surface area contributed by atoms with Crippen LogP contribution in [0.2, 0.25) is 0 Å². The summed E-state index contributed by atoms with van der Waals surface area (Å²) < 4.78 is 7.13. The first-order chi connectivity index (χ1) is 11.8. The van der Waals surface area contributed by atoms with Gasteiger partial charge in [-0.3, -0.25) is 9.69 Å². The number of carbonyl (C=O) groups is 1. The zero-order valence-corrected chi connectivity index (χ0v) is 13.4. The van der Waals surface area contributed by atoms with Gasteiger partial charge in [0.05, 0.1) is 31.4 Å². The Morgan fingerprint density at radius 3 is 2.88 bits per heavy atom. The highest BCUT2D eigenvalue weighted by Crippen LogP contribution is 2.15. The van der Waals surface area contributed by atoms with Gasteiger partial charge in [-0.1, -0.05) is 12.1 Å². The minimum Gasteiger partial charge on any atom is -0.378 e. The van der Waals surface area contributed by atoms with Crippen LogP contribution in [0.15, 0.2) is 30.6 Å². The Kier molecular flexibility index (Phi) is 4.22. The van der Waals surface area contributed by atoms with Gasteiger partial charge in [0.1, 0.15) is 6.33 Å². The van der Waals surface area contributed by atoms with Crippen molar-refractivity contribution in [2.24, 2.45) is 0 Å². The second kappa shape index (κ2) is 6.66. The lowest BCUT2D eigenvalue weighted by atomic mass is 10.1. The maximum absolute atomic E-state index is 12.6. The molecular weight excluding hydrogens is 308 g/mol. The standard InChI is InChI=1S/C16H20N6O2/c23-16(21-6-5-20-7-8-24-11-15(20)10-21)9-13-1-3-14(4-2-13)22-12-17-18-19-22/h1-4,12,15H,5-11H2. The van der Waals surface area contributed by atoms with E-state index in [0.717, 1.165) is 50.6 Å². The third-order valence-corrected chi connectivity index (χ3v) is 4.70. The summed E-state index contributed by atoms with van der Waals surface area (Å²) in [6.45, 7) is 5.02. The van der Waals surface area contributed by atoms with Crippen molar-refractivity contribution in [3.63, 3.8) is 0 Å². The topological polar surface area (TPSA) is 76.4 Å². The Balaban J connectivity index is 1.37. The van der Waals surface area contributed by atoms with Crippen LogP contribution in [0, 0.1) is 0 Å². The number of morpholine rings is 1. The number of rotatable bonds is 3. The summed E-state index contributed by atoms with van der Waals surface area (Å²) in [5, 5.41) is 11.1. The van der Waals surface area contributed by atoms with Gasteiger partial charge in [-0.2, -0.15) is 0 Å². The molecule has 0 radical (unpaired) electrons. The van der Waals surface area contributed by atoms with Crippen molar-refractivity contribution in [3.05, 3.63) is 36.2 Å². The molecule has 126 valence electrons. The lowest BCUT2D eigenvalue weighted by molar-refractivity contribution is -0.136. The lowest BCUT2D eigenvalue weighted by Gasteiger charge is -2.43. The van der Waals surface area contributed by atoms with E-state index in [1.807, 2.05) is 29.2 Å². The maximum atomic E-state index is 12.6. The number of tetrazole rings is 1. The maximum Gasteiger partial charge on any atom is 0.227 e. The first-order valence-electron chi connectivity index (χ1n) is 8.21. The van der Waals surface area contributed by atoms with Gasteiger partial charge in [0.15, 0.2) is 0 Å². The molecule has 1 aromatic carbocycles. The fourth-order valence-corrected chi connectivity index (χ4v) is 3.31. The Morgan fingerprint density at radius 1 is 1.21 bits per heavy atom. The summed E-state index contributed by atoms with van der Waals surface area (Å²) in [7, 11) is 0.